The van der Waals surface area contributed by atoms with E-state index in [4.69, 9.17) is 0 Å². The molecule has 1 heterocycles. The van der Waals surface area contributed by atoms with Gasteiger partial charge in [0.25, 0.3) is 0 Å². The van der Waals surface area contributed by atoms with Gasteiger partial charge in [-0.15, -0.1) is 10.2 Å². The number of rotatable bonds is 6. The van der Waals surface area contributed by atoms with Crippen LogP contribution in [-0.4, -0.2) is 32.8 Å². The molecule has 1 unspecified atom stereocenters. The molecular weight excluding hydrogens is 250 g/mol. The first-order valence-corrected chi connectivity index (χ1v) is 7.24. The number of aryl methyl sites for hydroxylation is 2. The van der Waals surface area contributed by atoms with Crippen molar-refractivity contribution < 1.29 is 0 Å². The third kappa shape index (κ3) is 3.22. The summed E-state index contributed by atoms with van der Waals surface area (Å²) < 4.78 is 0. The summed E-state index contributed by atoms with van der Waals surface area (Å²) in [6.07, 6.45) is 3.45. The summed E-state index contributed by atoms with van der Waals surface area (Å²) in [5.74, 6) is 1.22. The van der Waals surface area contributed by atoms with Crippen LogP contribution in [0.2, 0.25) is 0 Å². The van der Waals surface area contributed by atoms with Crippen molar-refractivity contribution in [2.45, 2.75) is 38.1 Å². The van der Waals surface area contributed by atoms with E-state index in [-0.39, 0.29) is 0 Å². The van der Waals surface area contributed by atoms with Crippen molar-refractivity contribution in [3.05, 3.63) is 41.2 Å². The monoisotopic (exact) mass is 271 g/mol. The van der Waals surface area contributed by atoms with Gasteiger partial charge in [-0.2, -0.15) is 4.80 Å². The van der Waals surface area contributed by atoms with Crippen molar-refractivity contribution in [2.75, 3.05) is 6.54 Å². The molecule has 5 nitrogen and oxygen atoms in total. The van der Waals surface area contributed by atoms with E-state index in [9.17, 15) is 0 Å². The lowest BCUT2D eigenvalue weighted by molar-refractivity contribution is 0.561. The largest absolute Gasteiger partial charge is 0.313 e. The predicted molar refractivity (Wildman–Crippen MR) is 77.4 cm³/mol. The van der Waals surface area contributed by atoms with E-state index in [1.54, 1.807) is 0 Å². The summed E-state index contributed by atoms with van der Waals surface area (Å²) in [6.45, 7) is 3.15. The van der Waals surface area contributed by atoms with Gasteiger partial charge >= 0.3 is 0 Å². The average molecular weight is 271 g/mol. The fourth-order valence-corrected chi connectivity index (χ4v) is 2.56. The molecule has 1 aliphatic rings. The summed E-state index contributed by atoms with van der Waals surface area (Å²) >= 11 is 0. The van der Waals surface area contributed by atoms with Crippen LogP contribution in [0.3, 0.4) is 0 Å². The van der Waals surface area contributed by atoms with E-state index in [2.05, 4.69) is 51.9 Å². The molecule has 1 aromatic carbocycles. The summed E-state index contributed by atoms with van der Waals surface area (Å²) in [5.41, 5.74) is 2.71. The molecule has 20 heavy (non-hydrogen) atoms. The zero-order chi connectivity index (χ0) is 13.9. The number of hydrogen-bond acceptors (Lipinski definition) is 4. The van der Waals surface area contributed by atoms with Gasteiger partial charge < -0.3 is 5.32 Å². The lowest BCUT2D eigenvalue weighted by Crippen LogP contribution is -2.25. The van der Waals surface area contributed by atoms with Gasteiger partial charge in [0, 0.05) is 24.9 Å². The van der Waals surface area contributed by atoms with E-state index in [1.807, 2.05) is 7.05 Å². The molecule has 1 N–H and O–H groups in total. The number of nitrogens with one attached hydrogen (secondary N) is 1. The van der Waals surface area contributed by atoms with Crippen molar-refractivity contribution in [3.8, 4) is 0 Å². The second-order valence-electron chi connectivity index (χ2n) is 5.64. The number of aromatic nitrogens is 4. The van der Waals surface area contributed by atoms with E-state index >= 15 is 0 Å². The highest BCUT2D eigenvalue weighted by Gasteiger charge is 2.24. The third-order valence-electron chi connectivity index (χ3n) is 3.84. The molecule has 1 saturated carbocycles. The van der Waals surface area contributed by atoms with Crippen LogP contribution in [0.1, 0.15) is 35.7 Å². The van der Waals surface area contributed by atoms with Gasteiger partial charge in [-0.05, 0) is 36.1 Å². The topological polar surface area (TPSA) is 55.6 Å². The van der Waals surface area contributed by atoms with Crippen LogP contribution in [0.15, 0.2) is 24.3 Å². The fourth-order valence-electron chi connectivity index (χ4n) is 2.56. The van der Waals surface area contributed by atoms with Crippen molar-refractivity contribution in [2.24, 2.45) is 7.05 Å². The molecule has 0 bridgehead atoms. The molecule has 2 aromatic rings. The summed E-state index contributed by atoms with van der Waals surface area (Å²) in [4.78, 5) is 1.53. The minimum atomic E-state index is 0.404. The molecule has 1 aromatic heterocycles. The van der Waals surface area contributed by atoms with Gasteiger partial charge in [0.05, 0.1) is 7.05 Å². The number of benzene rings is 1. The second-order valence-corrected chi connectivity index (χ2v) is 5.64. The molecular formula is C15H21N5. The molecule has 1 atom stereocenters. The first-order chi connectivity index (χ1) is 9.72. The fraction of sp³-hybridized carbons (Fsp3) is 0.533. The zero-order valence-electron chi connectivity index (χ0n) is 12.1. The van der Waals surface area contributed by atoms with Crippen molar-refractivity contribution in [3.63, 3.8) is 0 Å². The third-order valence-corrected chi connectivity index (χ3v) is 3.84. The Labute approximate surface area is 119 Å². The Bertz CT molecular complexity index is 573. The molecule has 0 spiro atoms. The summed E-state index contributed by atoms with van der Waals surface area (Å²) in [7, 11) is 1.81. The highest BCUT2D eigenvalue weighted by molar-refractivity contribution is 5.30. The molecule has 0 aliphatic heterocycles. The summed E-state index contributed by atoms with van der Waals surface area (Å²) in [6, 6.07) is 9.30. The van der Waals surface area contributed by atoms with E-state index in [0.29, 0.717) is 5.92 Å². The standard InChI is InChI=1S/C15H21N5/c1-11-5-3-4-6-14(11)12(10-16-13-7-8-13)9-15-17-19-20(2)18-15/h3-6,12-13,16H,7-10H2,1-2H3. The van der Waals surface area contributed by atoms with Crippen LogP contribution in [0.25, 0.3) is 0 Å². The van der Waals surface area contributed by atoms with Gasteiger partial charge in [-0.3, -0.25) is 0 Å². The first kappa shape index (κ1) is 13.2. The van der Waals surface area contributed by atoms with Gasteiger partial charge in [-0.25, -0.2) is 0 Å². The summed E-state index contributed by atoms with van der Waals surface area (Å²) in [5, 5.41) is 16.0. The molecule has 1 aliphatic carbocycles. The molecule has 3 rings (SSSR count). The van der Waals surface area contributed by atoms with Gasteiger partial charge in [-0.1, -0.05) is 24.3 Å². The first-order valence-electron chi connectivity index (χ1n) is 7.24. The minimum Gasteiger partial charge on any atom is -0.313 e. The number of hydrogen-bond donors (Lipinski definition) is 1. The Kier molecular flexibility index (Phi) is 3.78. The molecule has 5 heteroatoms. The highest BCUT2D eigenvalue weighted by atomic mass is 15.6. The lowest BCUT2D eigenvalue weighted by atomic mass is 9.91. The molecule has 0 radical (unpaired) electrons. The smallest absolute Gasteiger partial charge is 0.175 e. The van der Waals surface area contributed by atoms with Crippen LogP contribution < -0.4 is 5.32 Å². The van der Waals surface area contributed by atoms with Crippen LogP contribution >= 0.6 is 0 Å². The average Bonchev–Trinajstić information content (AvgIpc) is 3.18. The van der Waals surface area contributed by atoms with E-state index in [1.165, 1.54) is 28.8 Å². The van der Waals surface area contributed by atoms with Crippen LogP contribution in [0, 0.1) is 6.92 Å². The maximum Gasteiger partial charge on any atom is 0.175 e. The van der Waals surface area contributed by atoms with Crippen molar-refractivity contribution in [1.82, 2.24) is 25.5 Å². The van der Waals surface area contributed by atoms with Crippen molar-refractivity contribution in [1.29, 1.82) is 0 Å². The normalized spacial score (nSPS) is 16.3. The van der Waals surface area contributed by atoms with Crippen LogP contribution in [0.4, 0.5) is 0 Å². The minimum absolute atomic E-state index is 0.404. The maximum atomic E-state index is 4.32. The molecule has 1 fully saturated rings. The Morgan fingerprint density at radius 1 is 1.35 bits per heavy atom. The Hall–Kier alpha value is -1.75. The molecule has 0 amide bonds. The van der Waals surface area contributed by atoms with E-state index in [0.717, 1.165) is 24.8 Å². The molecule has 0 saturated heterocycles. The Balaban J connectivity index is 1.77. The quantitative estimate of drug-likeness (QED) is 0.867. The molecule has 106 valence electrons. The number of nitrogens with zero attached hydrogens (tertiary/aromatic N) is 4. The predicted octanol–water partition coefficient (Wildman–Crippen LogP) is 1.60. The van der Waals surface area contributed by atoms with Crippen LogP contribution in [-0.2, 0) is 13.5 Å². The highest BCUT2D eigenvalue weighted by Crippen LogP contribution is 2.25. The van der Waals surface area contributed by atoms with Gasteiger partial charge in [0.1, 0.15) is 0 Å². The second kappa shape index (κ2) is 5.71. The zero-order valence-corrected chi connectivity index (χ0v) is 12.1. The Morgan fingerprint density at radius 3 is 2.80 bits per heavy atom. The lowest BCUT2D eigenvalue weighted by Gasteiger charge is -2.18. The Morgan fingerprint density at radius 2 is 2.15 bits per heavy atom. The van der Waals surface area contributed by atoms with Crippen molar-refractivity contribution >= 4 is 0 Å². The van der Waals surface area contributed by atoms with Gasteiger partial charge in [0.2, 0.25) is 0 Å². The number of tetrazole rings is 1. The maximum absolute atomic E-state index is 4.32. The SMILES string of the molecule is Cc1ccccc1C(CNC1CC1)Cc1nnn(C)n1. The van der Waals surface area contributed by atoms with Gasteiger partial charge in [0.15, 0.2) is 5.82 Å². The van der Waals surface area contributed by atoms with Crippen LogP contribution in [0.5, 0.6) is 0 Å². The van der Waals surface area contributed by atoms with E-state index < -0.39 is 0 Å².